The van der Waals surface area contributed by atoms with Crippen molar-refractivity contribution in [1.29, 1.82) is 0 Å². The van der Waals surface area contributed by atoms with Crippen molar-refractivity contribution in [1.82, 2.24) is 9.80 Å². The monoisotopic (exact) mass is 440 g/mol. The van der Waals surface area contributed by atoms with E-state index in [4.69, 9.17) is 4.74 Å². The zero-order chi connectivity index (χ0) is 23.3. The lowest BCUT2D eigenvalue weighted by atomic mass is 9.99. The van der Waals surface area contributed by atoms with E-state index in [-0.39, 0.29) is 30.6 Å². The number of hydrogen-bond donors (Lipinski definition) is 3. The van der Waals surface area contributed by atoms with Gasteiger partial charge >= 0.3 is 6.03 Å². The number of urea groups is 1. The molecule has 3 N–H and O–H groups in total. The molecule has 3 atom stereocenters. The summed E-state index contributed by atoms with van der Waals surface area (Å²) in [5, 5.41) is 15.3. The first kappa shape index (κ1) is 23.6. The highest BCUT2D eigenvalue weighted by Crippen LogP contribution is 2.35. The number of amides is 3. The highest BCUT2D eigenvalue weighted by Gasteiger charge is 2.34. The van der Waals surface area contributed by atoms with E-state index in [2.05, 4.69) is 10.6 Å². The molecule has 32 heavy (non-hydrogen) atoms. The fraction of sp³-hybridized carbons (Fsp3) is 0.417. The summed E-state index contributed by atoms with van der Waals surface area (Å²) in [5.41, 5.74) is 1.43. The number of rotatable bonds is 6. The fourth-order valence-corrected chi connectivity index (χ4v) is 3.73. The van der Waals surface area contributed by atoms with Crippen molar-refractivity contribution >= 4 is 23.3 Å². The van der Waals surface area contributed by atoms with E-state index in [9.17, 15) is 14.7 Å². The van der Waals surface area contributed by atoms with Crippen LogP contribution in [0.15, 0.2) is 48.5 Å². The van der Waals surface area contributed by atoms with Gasteiger partial charge in [0.1, 0.15) is 6.10 Å². The quantitative estimate of drug-likeness (QED) is 0.642. The van der Waals surface area contributed by atoms with Gasteiger partial charge in [-0.15, -0.1) is 0 Å². The third kappa shape index (κ3) is 5.57. The predicted molar refractivity (Wildman–Crippen MR) is 125 cm³/mol. The number of aliphatic hydroxyl groups is 1. The summed E-state index contributed by atoms with van der Waals surface area (Å²) in [7, 11) is 3.93. The maximum absolute atomic E-state index is 13.4. The second kappa shape index (κ2) is 10.5. The molecule has 0 saturated carbocycles. The van der Waals surface area contributed by atoms with Crippen LogP contribution in [0.5, 0.6) is 5.75 Å². The Morgan fingerprint density at radius 1 is 1.19 bits per heavy atom. The number of benzene rings is 2. The average molecular weight is 441 g/mol. The second-order valence-corrected chi connectivity index (χ2v) is 8.51. The molecule has 3 rings (SSSR count). The minimum absolute atomic E-state index is 0.00898. The number of likely N-dealkylation sites (N-methyl/N-ethyl adjacent to an activating group) is 1. The molecule has 3 amide bonds. The summed E-state index contributed by atoms with van der Waals surface area (Å²) in [5.74, 6) is 0.118. The minimum Gasteiger partial charge on any atom is -0.486 e. The number of nitrogens with zero attached hydrogens (tertiary/aromatic N) is 2. The Balaban J connectivity index is 1.96. The number of ether oxygens (including phenoxy) is 1. The van der Waals surface area contributed by atoms with Gasteiger partial charge in [-0.2, -0.15) is 0 Å². The normalized spacial score (nSPS) is 19.4. The lowest BCUT2D eigenvalue weighted by molar-refractivity contribution is 0.0365. The molecule has 1 heterocycles. The molecule has 0 spiro atoms. The zero-order valence-electron chi connectivity index (χ0n) is 19.0. The van der Waals surface area contributed by atoms with Crippen LogP contribution in [0.1, 0.15) is 24.2 Å². The van der Waals surface area contributed by atoms with Crippen molar-refractivity contribution < 1.29 is 19.4 Å². The van der Waals surface area contributed by atoms with Gasteiger partial charge in [0.25, 0.3) is 5.91 Å². The molecule has 0 bridgehead atoms. The SMILES string of the molecule is C[C@@H]1CN([C@@H](C)CO)C(=O)c2cccc(NC(=O)Nc3ccccc3)c2O[C@@H]1CN(C)C. The van der Waals surface area contributed by atoms with E-state index >= 15 is 0 Å². The lowest BCUT2D eigenvalue weighted by Crippen LogP contribution is -2.49. The van der Waals surface area contributed by atoms with E-state index in [0.717, 1.165) is 0 Å². The number of aliphatic hydroxyl groups excluding tert-OH is 1. The Morgan fingerprint density at radius 3 is 2.56 bits per heavy atom. The smallest absolute Gasteiger partial charge is 0.323 e. The van der Waals surface area contributed by atoms with Gasteiger partial charge in [-0.3, -0.25) is 4.79 Å². The molecule has 0 aromatic heterocycles. The first-order valence-corrected chi connectivity index (χ1v) is 10.8. The van der Waals surface area contributed by atoms with Crippen LogP contribution < -0.4 is 15.4 Å². The third-order valence-corrected chi connectivity index (χ3v) is 5.52. The third-order valence-electron chi connectivity index (χ3n) is 5.52. The number of carbonyl (C=O) groups excluding carboxylic acids is 2. The first-order valence-electron chi connectivity index (χ1n) is 10.8. The van der Waals surface area contributed by atoms with Crippen molar-refractivity contribution in [3.8, 4) is 5.75 Å². The van der Waals surface area contributed by atoms with Crippen LogP contribution in [0, 0.1) is 5.92 Å². The predicted octanol–water partition coefficient (Wildman–Crippen LogP) is 3.11. The van der Waals surface area contributed by atoms with Crippen molar-refractivity contribution in [3.63, 3.8) is 0 Å². The molecule has 1 aliphatic rings. The van der Waals surface area contributed by atoms with Gasteiger partial charge < -0.3 is 30.3 Å². The van der Waals surface area contributed by atoms with Crippen LogP contribution >= 0.6 is 0 Å². The van der Waals surface area contributed by atoms with Crippen LogP contribution in [0.25, 0.3) is 0 Å². The molecule has 0 unspecified atom stereocenters. The van der Waals surface area contributed by atoms with Gasteiger partial charge in [-0.1, -0.05) is 31.2 Å². The maximum atomic E-state index is 13.4. The molecule has 172 valence electrons. The number of para-hydroxylation sites is 2. The largest absolute Gasteiger partial charge is 0.486 e. The molecule has 8 heteroatoms. The topological polar surface area (TPSA) is 94.1 Å². The Bertz CT molecular complexity index is 935. The standard InChI is InChI=1S/C24H32N4O4/c1-16-13-28(17(2)15-29)23(30)19-11-8-12-20(22(19)32-21(16)14-27(3)4)26-24(31)25-18-9-6-5-7-10-18/h5-12,16-17,21,29H,13-15H2,1-4H3,(H2,25,26,31)/t16-,17+,21-/m1/s1. The number of nitrogens with one attached hydrogen (secondary N) is 2. The van der Waals surface area contributed by atoms with Gasteiger partial charge in [0, 0.05) is 24.7 Å². The Hall–Kier alpha value is -3.10. The number of anilines is 2. The lowest BCUT2D eigenvalue weighted by Gasteiger charge is -2.38. The average Bonchev–Trinajstić information content (AvgIpc) is 2.76. The molecule has 1 aliphatic heterocycles. The van der Waals surface area contributed by atoms with E-state index in [0.29, 0.717) is 35.8 Å². The number of fused-ring (bicyclic) bond motifs is 1. The summed E-state index contributed by atoms with van der Waals surface area (Å²) in [6.45, 7) is 4.82. The summed E-state index contributed by atoms with van der Waals surface area (Å²) >= 11 is 0. The molecule has 0 saturated heterocycles. The molecule has 2 aromatic carbocycles. The Morgan fingerprint density at radius 2 is 1.91 bits per heavy atom. The summed E-state index contributed by atoms with van der Waals surface area (Å²) in [6, 6.07) is 13.5. The molecule has 2 aromatic rings. The molecular formula is C24H32N4O4. The Kier molecular flexibility index (Phi) is 7.71. The molecule has 0 fully saturated rings. The van der Waals surface area contributed by atoms with Gasteiger partial charge in [0.15, 0.2) is 5.75 Å². The summed E-state index contributed by atoms with van der Waals surface area (Å²) < 4.78 is 6.38. The number of carbonyl (C=O) groups is 2. The van der Waals surface area contributed by atoms with Gasteiger partial charge in [0.05, 0.1) is 23.9 Å². The number of hydrogen-bond acceptors (Lipinski definition) is 5. The van der Waals surface area contributed by atoms with E-state index in [1.807, 2.05) is 51.0 Å². The summed E-state index contributed by atoms with van der Waals surface area (Å²) in [4.78, 5) is 29.7. The van der Waals surface area contributed by atoms with Gasteiger partial charge in [-0.25, -0.2) is 4.79 Å². The van der Waals surface area contributed by atoms with Crippen LogP contribution in [0.4, 0.5) is 16.2 Å². The molecule has 8 nitrogen and oxygen atoms in total. The van der Waals surface area contributed by atoms with Crippen LogP contribution in [-0.4, -0.2) is 72.8 Å². The molecule has 0 radical (unpaired) electrons. The maximum Gasteiger partial charge on any atom is 0.323 e. The van der Waals surface area contributed by atoms with E-state index in [1.165, 1.54) is 0 Å². The van der Waals surface area contributed by atoms with Crippen LogP contribution in [-0.2, 0) is 0 Å². The highest BCUT2D eigenvalue weighted by molar-refractivity contribution is 6.04. The van der Waals surface area contributed by atoms with Crippen molar-refractivity contribution in [2.45, 2.75) is 26.0 Å². The highest BCUT2D eigenvalue weighted by atomic mass is 16.5. The fourth-order valence-electron chi connectivity index (χ4n) is 3.73. The zero-order valence-corrected chi connectivity index (χ0v) is 19.0. The van der Waals surface area contributed by atoms with Gasteiger partial charge in [-0.05, 0) is 45.3 Å². The van der Waals surface area contributed by atoms with E-state index in [1.54, 1.807) is 35.2 Å². The van der Waals surface area contributed by atoms with E-state index < -0.39 is 6.03 Å². The Labute approximate surface area is 189 Å². The van der Waals surface area contributed by atoms with Crippen molar-refractivity contribution in [2.24, 2.45) is 5.92 Å². The van der Waals surface area contributed by atoms with Crippen molar-refractivity contribution in [3.05, 3.63) is 54.1 Å². The van der Waals surface area contributed by atoms with Gasteiger partial charge in [0.2, 0.25) is 0 Å². The van der Waals surface area contributed by atoms with Crippen LogP contribution in [0.2, 0.25) is 0 Å². The summed E-state index contributed by atoms with van der Waals surface area (Å²) in [6.07, 6.45) is -0.217. The van der Waals surface area contributed by atoms with Crippen molar-refractivity contribution in [2.75, 3.05) is 44.4 Å². The van der Waals surface area contributed by atoms with Crippen LogP contribution in [0.3, 0.4) is 0 Å². The second-order valence-electron chi connectivity index (χ2n) is 8.51. The minimum atomic E-state index is -0.430. The first-order chi connectivity index (χ1) is 15.3. The molecular weight excluding hydrogens is 408 g/mol. The molecule has 0 aliphatic carbocycles.